The summed E-state index contributed by atoms with van der Waals surface area (Å²) in [5, 5.41) is 0. The summed E-state index contributed by atoms with van der Waals surface area (Å²) in [7, 11) is -0.0401. The minimum Gasteiger partial charge on any atom is -0.412 e. The van der Waals surface area contributed by atoms with E-state index in [0.29, 0.717) is 0 Å². The third-order valence-corrected chi connectivity index (χ3v) is 1.00. The van der Waals surface area contributed by atoms with Crippen LogP contribution in [0.25, 0.3) is 0 Å². The van der Waals surface area contributed by atoms with E-state index in [1.165, 1.54) is 0 Å². The molecular formula is C4H10OSi. The van der Waals surface area contributed by atoms with Crippen LogP contribution in [0.5, 0.6) is 0 Å². The molecule has 0 rings (SSSR count). The fourth-order valence-electron chi connectivity index (χ4n) is 0.118. The van der Waals surface area contributed by atoms with Crippen LogP contribution in [0, 0.1) is 0 Å². The highest BCUT2D eigenvalue weighted by Crippen LogP contribution is 1.55. The number of hydrogen-bond donors (Lipinski definition) is 0. The lowest BCUT2D eigenvalue weighted by Gasteiger charge is -1.62. The van der Waals surface area contributed by atoms with E-state index in [2.05, 4.69) is 13.2 Å². The Labute approximate surface area is 40.5 Å². The molecule has 0 bridgehead atoms. The van der Waals surface area contributed by atoms with Crippen LogP contribution in [0.15, 0.2) is 24.6 Å². The van der Waals surface area contributed by atoms with Gasteiger partial charge in [-0.1, -0.05) is 0 Å². The second-order valence-electron chi connectivity index (χ2n) is 0.813. The van der Waals surface area contributed by atoms with E-state index < -0.39 is 0 Å². The van der Waals surface area contributed by atoms with Crippen LogP contribution in [-0.2, 0) is 0 Å². The zero-order valence-corrected chi connectivity index (χ0v) is 5.19. The Kier molecular flexibility index (Phi) is 13.5. The van der Waals surface area contributed by atoms with Gasteiger partial charge >= 0.3 is 0 Å². The van der Waals surface area contributed by atoms with Crippen LogP contribution in [-0.4, -0.2) is 15.0 Å². The quantitative estimate of drug-likeness (QED) is 0.426. The monoisotopic (exact) mass is 102 g/mol. The second-order valence-corrected chi connectivity index (χ2v) is 2.44. The molecule has 6 heavy (non-hydrogen) atoms. The predicted molar refractivity (Wildman–Crippen MR) is 32.6 cm³/mol. The fourth-order valence-corrected chi connectivity index (χ4v) is 0.354. The Bertz CT molecular complexity index is 36.8. The summed E-state index contributed by atoms with van der Waals surface area (Å²) in [4.78, 5) is 0. The maximum Gasteiger partial charge on any atom is 0.0676 e. The largest absolute Gasteiger partial charge is 0.412 e. The third kappa shape index (κ3) is 9.40. The molecule has 0 amide bonds. The Hall–Kier alpha value is -0.343. The molecule has 0 aromatic rings. The van der Waals surface area contributed by atoms with Crippen molar-refractivity contribution in [2.24, 2.45) is 0 Å². The van der Waals surface area contributed by atoms with Gasteiger partial charge in [0.15, 0.2) is 0 Å². The van der Waals surface area contributed by atoms with Crippen molar-refractivity contribution in [1.82, 2.24) is 0 Å². The van der Waals surface area contributed by atoms with Crippen LogP contribution >= 0.6 is 0 Å². The van der Waals surface area contributed by atoms with Gasteiger partial charge in [-0.05, 0) is 0 Å². The van der Waals surface area contributed by atoms with Crippen molar-refractivity contribution in [1.29, 1.82) is 0 Å². The van der Waals surface area contributed by atoms with Gasteiger partial charge in [0, 0.05) is 0 Å². The summed E-state index contributed by atoms with van der Waals surface area (Å²) in [5.41, 5.74) is 3.90. The van der Waals surface area contributed by atoms with Crippen LogP contribution in [0.3, 0.4) is 0 Å². The Morgan fingerprint density at radius 2 is 1.50 bits per heavy atom. The molecule has 0 atom stereocenters. The highest BCUT2D eigenvalue weighted by atomic mass is 28.2. The normalized spacial score (nSPS) is 5.33. The van der Waals surface area contributed by atoms with Crippen molar-refractivity contribution in [3.8, 4) is 0 Å². The van der Waals surface area contributed by atoms with Crippen LogP contribution < -0.4 is 0 Å². The zero-order valence-electron chi connectivity index (χ0n) is 3.78. The summed E-state index contributed by atoms with van der Waals surface area (Å²) >= 11 is 0. The molecule has 0 saturated heterocycles. The summed E-state index contributed by atoms with van der Waals surface area (Å²) in [5.74, 6) is 0. The zero-order chi connectivity index (χ0) is 4.12. The van der Waals surface area contributed by atoms with E-state index in [-0.39, 0.29) is 15.0 Å². The predicted octanol–water partition coefficient (Wildman–Crippen LogP) is -0.383. The molecule has 0 radical (unpaired) electrons. The summed E-state index contributed by atoms with van der Waals surface area (Å²) in [6.07, 6.45) is 0. The van der Waals surface area contributed by atoms with Gasteiger partial charge in [0.1, 0.15) is 0 Å². The summed E-state index contributed by atoms with van der Waals surface area (Å²) in [6.45, 7) is 7.08. The first-order valence-electron chi connectivity index (χ1n) is 1.63. The highest BCUT2D eigenvalue weighted by molar-refractivity contribution is 6.47. The molecule has 0 aliphatic heterocycles. The molecule has 0 heterocycles. The first-order chi connectivity index (χ1) is 2.41. The summed E-state index contributed by atoms with van der Waals surface area (Å²) < 4.78 is 0. The van der Waals surface area contributed by atoms with Crippen LogP contribution in [0.2, 0.25) is 0 Å². The maximum atomic E-state index is 3.54. The lowest BCUT2D eigenvalue weighted by atomic mass is 11.2. The first-order valence-corrected chi connectivity index (χ1v) is 3.27. The van der Waals surface area contributed by atoms with Crippen molar-refractivity contribution in [3.63, 3.8) is 0 Å². The van der Waals surface area contributed by atoms with Gasteiger partial charge in [0.2, 0.25) is 0 Å². The maximum absolute atomic E-state index is 3.54. The molecule has 2 heteroatoms. The van der Waals surface area contributed by atoms with E-state index in [4.69, 9.17) is 0 Å². The van der Waals surface area contributed by atoms with Crippen molar-refractivity contribution in [3.05, 3.63) is 24.6 Å². The van der Waals surface area contributed by atoms with Crippen LogP contribution in [0.4, 0.5) is 0 Å². The molecule has 2 N–H and O–H groups in total. The van der Waals surface area contributed by atoms with Gasteiger partial charge < -0.3 is 5.48 Å². The van der Waals surface area contributed by atoms with Gasteiger partial charge in [-0.25, -0.2) is 0 Å². The van der Waals surface area contributed by atoms with E-state index in [1.54, 1.807) is 0 Å². The van der Waals surface area contributed by atoms with Gasteiger partial charge in [-0.15, -0.1) is 24.6 Å². The van der Waals surface area contributed by atoms with E-state index in [0.717, 1.165) is 0 Å². The van der Waals surface area contributed by atoms with Gasteiger partial charge in [-0.2, -0.15) is 0 Å². The average Bonchev–Trinajstić information content (AvgIpc) is 1.41. The SMILES string of the molecule is C=C[SiH2]C=C.O. The lowest BCUT2D eigenvalue weighted by molar-refractivity contribution is 0.824. The van der Waals surface area contributed by atoms with E-state index >= 15 is 0 Å². The van der Waals surface area contributed by atoms with Crippen molar-refractivity contribution < 1.29 is 5.48 Å². The van der Waals surface area contributed by atoms with Crippen molar-refractivity contribution in [2.75, 3.05) is 0 Å². The molecule has 0 aliphatic carbocycles. The fraction of sp³-hybridized carbons (Fsp3) is 0. The van der Waals surface area contributed by atoms with E-state index in [1.807, 2.05) is 11.4 Å². The number of rotatable bonds is 2. The van der Waals surface area contributed by atoms with E-state index in [9.17, 15) is 0 Å². The summed E-state index contributed by atoms with van der Waals surface area (Å²) in [6, 6.07) is 0. The lowest BCUT2D eigenvalue weighted by Crippen LogP contribution is -1.67. The molecule has 36 valence electrons. The molecule has 0 spiro atoms. The first kappa shape index (κ1) is 9.17. The molecule has 0 aliphatic rings. The molecule has 1 nitrogen and oxygen atoms in total. The average molecular weight is 102 g/mol. The Morgan fingerprint density at radius 1 is 1.17 bits per heavy atom. The standard InChI is InChI=1S/C4H8Si.H2O/c1-3-5-4-2;/h3-4H,1-2,5H2;1H2. The van der Waals surface area contributed by atoms with Crippen molar-refractivity contribution >= 4 is 9.52 Å². The molecule has 0 aromatic carbocycles. The number of hydrogen-bond acceptors (Lipinski definition) is 0. The van der Waals surface area contributed by atoms with Gasteiger partial charge in [0.05, 0.1) is 9.52 Å². The Morgan fingerprint density at radius 3 is 1.50 bits per heavy atom. The molecule has 0 aromatic heterocycles. The second kappa shape index (κ2) is 8.82. The third-order valence-electron chi connectivity index (χ3n) is 0.333. The van der Waals surface area contributed by atoms with Gasteiger partial charge in [0.25, 0.3) is 0 Å². The molecule has 0 unspecified atom stereocenters. The minimum atomic E-state index is -0.0401. The highest BCUT2D eigenvalue weighted by Gasteiger charge is 1.55. The topological polar surface area (TPSA) is 31.5 Å². The van der Waals surface area contributed by atoms with Gasteiger partial charge in [-0.3, -0.25) is 0 Å². The molecule has 0 fully saturated rings. The molecular weight excluding hydrogens is 92.1 g/mol. The van der Waals surface area contributed by atoms with Crippen molar-refractivity contribution in [2.45, 2.75) is 0 Å². The molecule has 0 saturated carbocycles. The minimum absolute atomic E-state index is 0. The smallest absolute Gasteiger partial charge is 0.0676 e. The van der Waals surface area contributed by atoms with Crippen LogP contribution in [0.1, 0.15) is 0 Å². The Balaban J connectivity index is 0.